The summed E-state index contributed by atoms with van der Waals surface area (Å²) in [5.41, 5.74) is 5.62. The Balaban J connectivity index is 2.16. The first kappa shape index (κ1) is 17.1. The molecular weight excluding hydrogens is 296 g/mol. The quantitative estimate of drug-likeness (QED) is 0.895. The zero-order chi connectivity index (χ0) is 17.0. The van der Waals surface area contributed by atoms with Gasteiger partial charge in [-0.15, -0.1) is 0 Å². The van der Waals surface area contributed by atoms with E-state index in [1.807, 2.05) is 4.90 Å². The molecule has 0 bridgehead atoms. The third-order valence-corrected chi connectivity index (χ3v) is 3.94. The second-order valence-electron chi connectivity index (χ2n) is 6.28. The summed E-state index contributed by atoms with van der Waals surface area (Å²) >= 11 is 0. The van der Waals surface area contributed by atoms with Crippen LogP contribution in [0.25, 0.3) is 0 Å². The van der Waals surface area contributed by atoms with Gasteiger partial charge in [0.2, 0.25) is 0 Å². The van der Waals surface area contributed by atoms with Crippen LogP contribution in [0.2, 0.25) is 0 Å². The minimum Gasteiger partial charge on any atom is -0.493 e. The van der Waals surface area contributed by atoms with Crippen molar-refractivity contribution in [1.29, 1.82) is 0 Å². The fourth-order valence-corrected chi connectivity index (χ4v) is 3.08. The number of likely N-dealkylation sites (tertiary alicyclic amines) is 1. The van der Waals surface area contributed by atoms with Crippen molar-refractivity contribution >= 4 is 11.8 Å². The first-order valence-corrected chi connectivity index (χ1v) is 7.79. The van der Waals surface area contributed by atoms with Crippen LogP contribution in [-0.2, 0) is 4.79 Å². The number of hydrogen-bond acceptors (Lipinski definition) is 4. The van der Waals surface area contributed by atoms with Crippen molar-refractivity contribution in [3.05, 3.63) is 23.8 Å². The van der Waals surface area contributed by atoms with Crippen molar-refractivity contribution in [2.45, 2.75) is 20.3 Å². The highest BCUT2D eigenvalue weighted by molar-refractivity contribution is 5.95. The van der Waals surface area contributed by atoms with Crippen LogP contribution in [0.3, 0.4) is 0 Å². The number of primary amides is 1. The molecule has 2 atom stereocenters. The molecule has 6 nitrogen and oxygen atoms in total. The number of rotatable bonds is 5. The molecule has 126 valence electrons. The van der Waals surface area contributed by atoms with E-state index in [4.69, 9.17) is 15.2 Å². The van der Waals surface area contributed by atoms with E-state index < -0.39 is 5.91 Å². The number of hydrogen-bond donors (Lipinski definition) is 1. The van der Waals surface area contributed by atoms with Gasteiger partial charge in [-0.1, -0.05) is 13.8 Å². The number of nitrogens with two attached hydrogens (primary N) is 1. The molecule has 0 radical (unpaired) electrons. The predicted molar refractivity (Wildman–Crippen MR) is 86.5 cm³/mol. The van der Waals surface area contributed by atoms with Crippen molar-refractivity contribution in [1.82, 2.24) is 4.90 Å². The minimum absolute atomic E-state index is 0.0110. The number of piperidine rings is 1. The molecule has 1 aliphatic heterocycles. The number of nitrogens with zero attached hydrogens (tertiary/aromatic N) is 1. The first-order valence-electron chi connectivity index (χ1n) is 7.79. The van der Waals surface area contributed by atoms with E-state index in [1.165, 1.54) is 7.11 Å². The summed E-state index contributed by atoms with van der Waals surface area (Å²) in [5.74, 6) is 1.23. The summed E-state index contributed by atoms with van der Waals surface area (Å²) in [7, 11) is 1.49. The zero-order valence-electron chi connectivity index (χ0n) is 13.9. The van der Waals surface area contributed by atoms with Crippen molar-refractivity contribution in [2.24, 2.45) is 17.6 Å². The second kappa shape index (κ2) is 7.35. The van der Waals surface area contributed by atoms with Gasteiger partial charge in [-0.05, 0) is 36.5 Å². The predicted octanol–water partition coefficient (Wildman–Crippen LogP) is 1.68. The van der Waals surface area contributed by atoms with E-state index in [-0.39, 0.29) is 12.5 Å². The summed E-state index contributed by atoms with van der Waals surface area (Å²) < 4.78 is 10.5. The lowest BCUT2D eigenvalue weighted by atomic mass is 9.91. The van der Waals surface area contributed by atoms with E-state index in [9.17, 15) is 9.59 Å². The molecule has 6 heteroatoms. The van der Waals surface area contributed by atoms with Gasteiger partial charge >= 0.3 is 0 Å². The normalized spacial score (nSPS) is 20.9. The highest BCUT2D eigenvalue weighted by atomic mass is 16.5. The highest BCUT2D eigenvalue weighted by Gasteiger charge is 2.26. The Kier molecular flexibility index (Phi) is 5.47. The Labute approximate surface area is 136 Å². The summed E-state index contributed by atoms with van der Waals surface area (Å²) in [4.78, 5) is 25.4. The molecular formula is C17H24N2O4. The van der Waals surface area contributed by atoms with E-state index in [0.717, 1.165) is 19.5 Å². The Bertz CT molecular complexity index is 578. The standard InChI is InChI=1S/C17H24N2O4/c1-11-6-12(2)9-19(8-11)17(21)13-4-5-14(15(7-13)22-3)23-10-16(18)20/h4-5,7,11-12H,6,8-10H2,1-3H3,(H2,18,20). The van der Waals surface area contributed by atoms with Crippen LogP contribution in [0, 0.1) is 11.8 Å². The van der Waals surface area contributed by atoms with Gasteiger partial charge in [-0.25, -0.2) is 0 Å². The topological polar surface area (TPSA) is 81.9 Å². The molecule has 1 saturated heterocycles. The molecule has 2 amide bonds. The van der Waals surface area contributed by atoms with Gasteiger partial charge in [0.25, 0.3) is 11.8 Å². The monoisotopic (exact) mass is 320 g/mol. The third-order valence-electron chi connectivity index (χ3n) is 3.94. The lowest BCUT2D eigenvalue weighted by molar-refractivity contribution is -0.119. The van der Waals surface area contributed by atoms with Crippen molar-refractivity contribution < 1.29 is 19.1 Å². The van der Waals surface area contributed by atoms with Gasteiger partial charge in [-0.2, -0.15) is 0 Å². The van der Waals surface area contributed by atoms with Crippen molar-refractivity contribution in [2.75, 3.05) is 26.8 Å². The zero-order valence-corrected chi connectivity index (χ0v) is 13.9. The number of methoxy groups -OCH3 is 1. The van der Waals surface area contributed by atoms with Crippen LogP contribution in [0.5, 0.6) is 11.5 Å². The lowest BCUT2D eigenvalue weighted by Gasteiger charge is -2.35. The Morgan fingerprint density at radius 3 is 2.43 bits per heavy atom. The third kappa shape index (κ3) is 4.37. The maximum Gasteiger partial charge on any atom is 0.255 e. The molecule has 1 aromatic rings. The number of benzene rings is 1. The molecule has 0 aliphatic carbocycles. The van der Waals surface area contributed by atoms with Crippen LogP contribution < -0.4 is 15.2 Å². The Hall–Kier alpha value is -2.24. The van der Waals surface area contributed by atoms with Gasteiger partial charge in [0.15, 0.2) is 18.1 Å². The van der Waals surface area contributed by atoms with Crippen LogP contribution in [0.1, 0.15) is 30.6 Å². The molecule has 1 aliphatic rings. The maximum absolute atomic E-state index is 12.7. The fourth-order valence-electron chi connectivity index (χ4n) is 3.08. The number of carbonyl (C=O) groups excluding carboxylic acids is 2. The lowest BCUT2D eigenvalue weighted by Crippen LogP contribution is -2.42. The fraction of sp³-hybridized carbons (Fsp3) is 0.529. The highest BCUT2D eigenvalue weighted by Crippen LogP contribution is 2.29. The largest absolute Gasteiger partial charge is 0.493 e. The molecule has 1 aromatic carbocycles. The van der Waals surface area contributed by atoms with Gasteiger partial charge < -0.3 is 20.1 Å². The second-order valence-corrected chi connectivity index (χ2v) is 6.28. The molecule has 1 fully saturated rings. The van der Waals surface area contributed by atoms with Crippen LogP contribution >= 0.6 is 0 Å². The average molecular weight is 320 g/mol. The van der Waals surface area contributed by atoms with Gasteiger partial charge in [-0.3, -0.25) is 9.59 Å². The summed E-state index contributed by atoms with van der Waals surface area (Å²) in [6, 6.07) is 4.96. The SMILES string of the molecule is COc1cc(C(=O)N2CC(C)CC(C)C2)ccc1OCC(N)=O. The van der Waals surface area contributed by atoms with Gasteiger partial charge in [0, 0.05) is 18.7 Å². The molecule has 0 aromatic heterocycles. The van der Waals surface area contributed by atoms with Gasteiger partial charge in [0.05, 0.1) is 7.11 Å². The Morgan fingerprint density at radius 2 is 1.87 bits per heavy atom. The van der Waals surface area contributed by atoms with E-state index in [0.29, 0.717) is 28.9 Å². The first-order chi connectivity index (χ1) is 10.9. The van der Waals surface area contributed by atoms with Crippen LogP contribution in [0.15, 0.2) is 18.2 Å². The summed E-state index contributed by atoms with van der Waals surface area (Å²) in [5, 5.41) is 0. The van der Waals surface area contributed by atoms with Crippen LogP contribution in [-0.4, -0.2) is 43.5 Å². The number of carbonyl (C=O) groups is 2. The van der Waals surface area contributed by atoms with Crippen molar-refractivity contribution in [3.8, 4) is 11.5 Å². The smallest absolute Gasteiger partial charge is 0.255 e. The molecule has 2 N–H and O–H groups in total. The molecule has 2 unspecified atom stereocenters. The molecule has 2 rings (SSSR count). The molecule has 23 heavy (non-hydrogen) atoms. The van der Waals surface area contributed by atoms with Crippen LogP contribution in [0.4, 0.5) is 0 Å². The molecule has 0 saturated carbocycles. The number of ether oxygens (including phenoxy) is 2. The summed E-state index contributed by atoms with van der Waals surface area (Å²) in [6.45, 7) is 5.64. The average Bonchev–Trinajstić information content (AvgIpc) is 2.51. The minimum atomic E-state index is -0.566. The molecule has 1 heterocycles. The van der Waals surface area contributed by atoms with E-state index in [1.54, 1.807) is 18.2 Å². The van der Waals surface area contributed by atoms with Gasteiger partial charge in [0.1, 0.15) is 0 Å². The summed E-state index contributed by atoms with van der Waals surface area (Å²) in [6.07, 6.45) is 1.15. The van der Waals surface area contributed by atoms with E-state index >= 15 is 0 Å². The maximum atomic E-state index is 12.7. The Morgan fingerprint density at radius 1 is 1.22 bits per heavy atom. The van der Waals surface area contributed by atoms with E-state index in [2.05, 4.69) is 13.8 Å². The van der Waals surface area contributed by atoms with Crippen molar-refractivity contribution in [3.63, 3.8) is 0 Å². The number of amides is 2. The molecule has 0 spiro atoms.